The third-order valence-electron chi connectivity index (χ3n) is 5.26. The molecule has 0 saturated heterocycles. The van der Waals surface area contributed by atoms with E-state index in [2.05, 4.69) is 0 Å². The molecule has 4 rings (SSSR count). The quantitative estimate of drug-likeness (QED) is 0.508. The van der Waals surface area contributed by atoms with Crippen LogP contribution in [-0.4, -0.2) is 11.1 Å². The van der Waals surface area contributed by atoms with Crippen molar-refractivity contribution in [3.63, 3.8) is 0 Å². The highest BCUT2D eigenvalue weighted by Gasteiger charge is 2.25. The fraction of sp³-hybridized carbons (Fsp3) is 0.115. The van der Waals surface area contributed by atoms with Crippen LogP contribution in [0.5, 0.6) is 5.75 Å². The Morgan fingerprint density at radius 2 is 1.71 bits per heavy atom. The number of benzene rings is 3. The Hall–Kier alpha value is -3.73. The molecule has 5 heteroatoms. The Labute approximate surface area is 178 Å². The summed E-state index contributed by atoms with van der Waals surface area (Å²) >= 11 is 0. The van der Waals surface area contributed by atoms with Crippen molar-refractivity contribution in [3.05, 3.63) is 106 Å². The summed E-state index contributed by atoms with van der Waals surface area (Å²) in [4.78, 5) is 11.3. The summed E-state index contributed by atoms with van der Waals surface area (Å²) in [6.45, 7) is 2.19. The largest absolute Gasteiger partial charge is 0.489 e. The van der Waals surface area contributed by atoms with E-state index in [1.807, 2.05) is 37.3 Å². The number of halogens is 2. The smallest absolute Gasteiger partial charge is 0.307 e. The van der Waals surface area contributed by atoms with E-state index in [-0.39, 0.29) is 12.2 Å². The molecule has 0 fully saturated rings. The molecule has 0 atom stereocenters. The number of hydrogen-bond acceptors (Lipinski definition) is 2. The highest BCUT2D eigenvalue weighted by atomic mass is 19.1. The molecule has 0 heterocycles. The van der Waals surface area contributed by atoms with Gasteiger partial charge in [0.05, 0.1) is 6.42 Å². The Kier molecular flexibility index (Phi) is 5.67. The molecule has 1 N–H and O–H groups in total. The van der Waals surface area contributed by atoms with Crippen molar-refractivity contribution >= 4 is 23.2 Å². The van der Waals surface area contributed by atoms with Gasteiger partial charge in [-0.2, -0.15) is 0 Å². The van der Waals surface area contributed by atoms with E-state index in [4.69, 9.17) is 4.74 Å². The van der Waals surface area contributed by atoms with Crippen molar-refractivity contribution in [1.82, 2.24) is 0 Å². The van der Waals surface area contributed by atoms with E-state index < -0.39 is 11.8 Å². The number of aliphatic carboxylic acids is 1. The molecule has 0 radical (unpaired) electrons. The molecule has 3 aromatic carbocycles. The minimum Gasteiger partial charge on any atom is -0.489 e. The number of hydrogen-bond donors (Lipinski definition) is 1. The van der Waals surface area contributed by atoms with Gasteiger partial charge in [0.15, 0.2) is 0 Å². The van der Waals surface area contributed by atoms with E-state index in [9.17, 15) is 18.7 Å². The molecule has 0 spiro atoms. The summed E-state index contributed by atoms with van der Waals surface area (Å²) in [5, 5.41) is 9.29. The summed E-state index contributed by atoms with van der Waals surface area (Å²) in [5.74, 6) is -1.08. The van der Waals surface area contributed by atoms with Gasteiger partial charge in [-0.3, -0.25) is 4.79 Å². The second-order valence-corrected chi connectivity index (χ2v) is 7.41. The minimum absolute atomic E-state index is 0.162. The number of carboxylic acid groups (broad SMARTS) is 1. The van der Waals surface area contributed by atoms with Gasteiger partial charge in [-0.15, -0.1) is 0 Å². The molecule has 1 aliphatic rings. The maximum absolute atomic E-state index is 13.8. The summed E-state index contributed by atoms with van der Waals surface area (Å²) in [6, 6.07) is 18.1. The van der Waals surface area contributed by atoms with Gasteiger partial charge in [0.25, 0.3) is 0 Å². The summed E-state index contributed by atoms with van der Waals surface area (Å²) in [6.07, 6.45) is 1.81. The zero-order valence-electron chi connectivity index (χ0n) is 16.9. The van der Waals surface area contributed by atoms with Crippen LogP contribution in [0.25, 0.3) is 17.2 Å². The second kappa shape index (κ2) is 8.56. The van der Waals surface area contributed by atoms with Gasteiger partial charge in [-0.05, 0) is 94.4 Å². The van der Waals surface area contributed by atoms with Gasteiger partial charge < -0.3 is 9.84 Å². The van der Waals surface area contributed by atoms with Gasteiger partial charge in [-0.1, -0.05) is 24.3 Å². The zero-order chi connectivity index (χ0) is 22.0. The van der Waals surface area contributed by atoms with Crippen molar-refractivity contribution in [2.45, 2.75) is 20.0 Å². The van der Waals surface area contributed by atoms with Crippen molar-refractivity contribution < 1.29 is 23.4 Å². The van der Waals surface area contributed by atoms with Crippen molar-refractivity contribution in [3.8, 4) is 5.75 Å². The van der Waals surface area contributed by atoms with Crippen LogP contribution in [0.2, 0.25) is 0 Å². The maximum Gasteiger partial charge on any atom is 0.307 e. The fourth-order valence-electron chi connectivity index (χ4n) is 3.77. The third kappa shape index (κ3) is 4.56. The highest BCUT2D eigenvalue weighted by molar-refractivity contribution is 6.07. The fourth-order valence-corrected chi connectivity index (χ4v) is 3.77. The van der Waals surface area contributed by atoms with E-state index in [1.54, 1.807) is 18.2 Å². The van der Waals surface area contributed by atoms with Crippen LogP contribution in [0.3, 0.4) is 0 Å². The Balaban J connectivity index is 1.63. The Morgan fingerprint density at radius 3 is 2.45 bits per heavy atom. The molecule has 3 nitrogen and oxygen atoms in total. The van der Waals surface area contributed by atoms with Crippen LogP contribution in [0, 0.1) is 11.6 Å². The molecule has 0 saturated carbocycles. The average Bonchev–Trinajstić information content (AvgIpc) is 2.98. The maximum atomic E-state index is 13.8. The van der Waals surface area contributed by atoms with E-state index in [1.165, 1.54) is 24.3 Å². The standard InChI is InChI=1S/C26H20F2O3/c1-16-23(22-10-7-20(28)13-25(22)24(16)14-26(29)30)12-17-3-2-4-18(11-17)15-31-21-8-5-19(27)6-9-21/h2-13H,14-15H2,1H3,(H,29,30)/b23-12-. The first kappa shape index (κ1) is 20.5. The van der Waals surface area contributed by atoms with Gasteiger partial charge >= 0.3 is 5.97 Å². The zero-order valence-corrected chi connectivity index (χ0v) is 16.9. The third-order valence-corrected chi connectivity index (χ3v) is 5.26. The summed E-state index contributed by atoms with van der Waals surface area (Å²) in [7, 11) is 0. The van der Waals surface area contributed by atoms with Gasteiger partial charge in [-0.25, -0.2) is 8.78 Å². The molecule has 1 aliphatic carbocycles. The van der Waals surface area contributed by atoms with Crippen molar-refractivity contribution in [1.29, 1.82) is 0 Å². The predicted octanol–water partition coefficient (Wildman–Crippen LogP) is 6.35. The molecule has 0 amide bonds. The first-order valence-corrected chi connectivity index (χ1v) is 9.82. The van der Waals surface area contributed by atoms with Crippen LogP contribution < -0.4 is 4.74 Å². The molecule has 0 aromatic heterocycles. The molecule has 0 aliphatic heterocycles. The number of carboxylic acids is 1. The number of carbonyl (C=O) groups is 1. The number of rotatable bonds is 6. The van der Waals surface area contributed by atoms with E-state index in [0.29, 0.717) is 23.5 Å². The topological polar surface area (TPSA) is 46.5 Å². The monoisotopic (exact) mass is 418 g/mol. The van der Waals surface area contributed by atoms with Crippen LogP contribution in [0.1, 0.15) is 35.6 Å². The lowest BCUT2D eigenvalue weighted by Crippen LogP contribution is -1.97. The normalized spacial score (nSPS) is 14.1. The van der Waals surface area contributed by atoms with Gasteiger partial charge in [0.1, 0.15) is 24.0 Å². The molecule has 3 aromatic rings. The molecular formula is C26H20F2O3. The minimum atomic E-state index is -0.953. The molecule has 156 valence electrons. The molecular weight excluding hydrogens is 398 g/mol. The van der Waals surface area contributed by atoms with Crippen LogP contribution >= 0.6 is 0 Å². The van der Waals surface area contributed by atoms with Crippen LogP contribution in [0.15, 0.2) is 72.3 Å². The molecule has 31 heavy (non-hydrogen) atoms. The first-order valence-electron chi connectivity index (χ1n) is 9.82. The van der Waals surface area contributed by atoms with E-state index >= 15 is 0 Å². The van der Waals surface area contributed by atoms with Gasteiger partial charge in [0.2, 0.25) is 0 Å². The number of allylic oxidation sites excluding steroid dienone is 2. The molecule has 0 unspecified atom stereocenters. The van der Waals surface area contributed by atoms with Crippen LogP contribution in [0.4, 0.5) is 8.78 Å². The second-order valence-electron chi connectivity index (χ2n) is 7.41. The summed E-state index contributed by atoms with van der Waals surface area (Å²) in [5.41, 5.74) is 5.64. The molecule has 0 bridgehead atoms. The Bertz CT molecular complexity index is 1210. The lowest BCUT2D eigenvalue weighted by molar-refractivity contribution is -0.135. The average molecular weight is 418 g/mol. The van der Waals surface area contributed by atoms with Crippen molar-refractivity contribution in [2.24, 2.45) is 0 Å². The summed E-state index contributed by atoms with van der Waals surface area (Å²) < 4.78 is 32.6. The highest BCUT2D eigenvalue weighted by Crippen LogP contribution is 2.43. The van der Waals surface area contributed by atoms with E-state index in [0.717, 1.165) is 27.8 Å². The first-order chi connectivity index (χ1) is 14.9. The van der Waals surface area contributed by atoms with Gasteiger partial charge in [0, 0.05) is 0 Å². The number of fused-ring (bicyclic) bond motifs is 1. The van der Waals surface area contributed by atoms with Crippen molar-refractivity contribution in [2.75, 3.05) is 0 Å². The lowest BCUT2D eigenvalue weighted by atomic mass is 10.00. The number of ether oxygens (including phenoxy) is 1. The predicted molar refractivity (Wildman–Crippen MR) is 116 cm³/mol. The Morgan fingerprint density at radius 1 is 0.968 bits per heavy atom. The lowest BCUT2D eigenvalue weighted by Gasteiger charge is -2.08. The van der Waals surface area contributed by atoms with Crippen LogP contribution in [-0.2, 0) is 11.4 Å². The SMILES string of the molecule is CC1=C(CC(=O)O)c2cc(F)ccc2/C1=C\c1cccc(COc2ccc(F)cc2)c1.